The summed E-state index contributed by atoms with van der Waals surface area (Å²) in [5, 5.41) is 6.02. The molecular formula is C20H27N3O4. The third-order valence-electron chi connectivity index (χ3n) is 6.29. The number of amides is 2. The first-order valence-corrected chi connectivity index (χ1v) is 9.82. The third kappa shape index (κ3) is 3.14. The average Bonchev–Trinajstić information content (AvgIpc) is 2.95. The van der Waals surface area contributed by atoms with Crippen LogP contribution < -0.4 is 16.4 Å². The van der Waals surface area contributed by atoms with Crippen LogP contribution in [0.2, 0.25) is 0 Å². The number of ether oxygens (including phenoxy) is 1. The molecule has 0 radical (unpaired) electrons. The lowest BCUT2D eigenvalue weighted by Crippen LogP contribution is -2.65. The van der Waals surface area contributed by atoms with Crippen LogP contribution in [0.5, 0.6) is 0 Å². The first-order chi connectivity index (χ1) is 13.0. The van der Waals surface area contributed by atoms with Gasteiger partial charge in [-0.1, -0.05) is 19.3 Å². The molecule has 1 aromatic carbocycles. The van der Waals surface area contributed by atoms with E-state index in [-0.39, 0.29) is 23.6 Å². The van der Waals surface area contributed by atoms with Crippen molar-refractivity contribution in [2.24, 2.45) is 12.5 Å². The second-order valence-electron chi connectivity index (χ2n) is 7.73. The predicted molar refractivity (Wildman–Crippen MR) is 103 cm³/mol. The molecule has 0 bridgehead atoms. The van der Waals surface area contributed by atoms with E-state index in [0.717, 1.165) is 19.3 Å². The highest BCUT2D eigenvalue weighted by molar-refractivity contribution is 5.91. The molecule has 1 spiro atoms. The highest BCUT2D eigenvalue weighted by Crippen LogP contribution is 2.53. The quantitative estimate of drug-likeness (QED) is 0.860. The Labute approximate surface area is 158 Å². The predicted octanol–water partition coefficient (Wildman–Crippen LogP) is 3.38. The number of carbonyl (C=O) groups is 1. The molecule has 27 heavy (non-hydrogen) atoms. The number of rotatable bonds is 4. The van der Waals surface area contributed by atoms with E-state index >= 15 is 0 Å². The topological polar surface area (TPSA) is 85.5 Å². The van der Waals surface area contributed by atoms with Crippen LogP contribution in [0.3, 0.4) is 0 Å². The summed E-state index contributed by atoms with van der Waals surface area (Å²) in [5.41, 5.74) is 1.85. The molecule has 2 aromatic rings. The number of urea groups is 1. The number of hydrogen-bond donors (Lipinski definition) is 2. The average molecular weight is 373 g/mol. The van der Waals surface area contributed by atoms with Gasteiger partial charge in [0.25, 0.3) is 0 Å². The Morgan fingerprint density at radius 2 is 2.11 bits per heavy atom. The molecule has 2 saturated carbocycles. The van der Waals surface area contributed by atoms with Gasteiger partial charge in [0.1, 0.15) is 0 Å². The van der Waals surface area contributed by atoms with Gasteiger partial charge in [-0.25, -0.2) is 9.59 Å². The smallest absolute Gasteiger partial charge is 0.408 e. The van der Waals surface area contributed by atoms with Crippen LogP contribution in [0.25, 0.3) is 11.1 Å². The zero-order chi connectivity index (χ0) is 19.0. The minimum Gasteiger partial charge on any atom is -0.408 e. The van der Waals surface area contributed by atoms with E-state index in [4.69, 9.17) is 9.15 Å². The number of aryl methyl sites for hydroxylation is 1. The number of oxazole rings is 1. The SMILES string of the molecule is CCOC1CC(NC(=O)Nc2ccc3c(c2)oc(=O)n3C)C12CCCCC2. The van der Waals surface area contributed by atoms with Crippen molar-refractivity contribution < 1.29 is 13.9 Å². The summed E-state index contributed by atoms with van der Waals surface area (Å²) in [6.07, 6.45) is 7.02. The fourth-order valence-corrected chi connectivity index (χ4v) is 4.80. The van der Waals surface area contributed by atoms with Gasteiger partial charge in [-0.05, 0) is 38.3 Å². The number of hydrogen-bond acceptors (Lipinski definition) is 4. The van der Waals surface area contributed by atoms with Gasteiger partial charge in [0, 0.05) is 36.9 Å². The van der Waals surface area contributed by atoms with Crippen molar-refractivity contribution in [3.63, 3.8) is 0 Å². The maximum absolute atomic E-state index is 12.6. The molecule has 4 rings (SSSR count). The molecule has 1 heterocycles. The first-order valence-electron chi connectivity index (χ1n) is 9.82. The Morgan fingerprint density at radius 3 is 2.85 bits per heavy atom. The van der Waals surface area contributed by atoms with Crippen LogP contribution in [0.4, 0.5) is 10.5 Å². The van der Waals surface area contributed by atoms with Gasteiger partial charge in [-0.15, -0.1) is 0 Å². The summed E-state index contributed by atoms with van der Waals surface area (Å²) >= 11 is 0. The van der Waals surface area contributed by atoms with E-state index in [1.54, 1.807) is 25.2 Å². The van der Waals surface area contributed by atoms with Crippen LogP contribution in [0, 0.1) is 5.41 Å². The van der Waals surface area contributed by atoms with Crippen molar-refractivity contribution >= 4 is 22.8 Å². The van der Waals surface area contributed by atoms with Crippen LogP contribution >= 0.6 is 0 Å². The second-order valence-corrected chi connectivity index (χ2v) is 7.73. The number of nitrogens with zero attached hydrogens (tertiary/aromatic N) is 1. The van der Waals surface area contributed by atoms with Crippen molar-refractivity contribution in [1.82, 2.24) is 9.88 Å². The van der Waals surface area contributed by atoms with E-state index in [2.05, 4.69) is 10.6 Å². The monoisotopic (exact) mass is 373 g/mol. The van der Waals surface area contributed by atoms with Gasteiger partial charge in [0.05, 0.1) is 11.6 Å². The van der Waals surface area contributed by atoms with Crippen LogP contribution in [-0.4, -0.2) is 29.4 Å². The number of benzene rings is 1. The molecule has 2 N–H and O–H groups in total. The zero-order valence-electron chi connectivity index (χ0n) is 15.9. The van der Waals surface area contributed by atoms with E-state index in [9.17, 15) is 9.59 Å². The van der Waals surface area contributed by atoms with Crippen molar-refractivity contribution in [3.8, 4) is 0 Å². The second kappa shape index (κ2) is 7.03. The maximum atomic E-state index is 12.6. The van der Waals surface area contributed by atoms with E-state index in [1.807, 2.05) is 6.92 Å². The Hall–Kier alpha value is -2.28. The minimum absolute atomic E-state index is 0.0851. The summed E-state index contributed by atoms with van der Waals surface area (Å²) in [6.45, 7) is 2.75. The molecule has 7 heteroatoms. The van der Waals surface area contributed by atoms with Gasteiger partial charge in [-0.3, -0.25) is 4.57 Å². The molecule has 1 aromatic heterocycles. The molecule has 7 nitrogen and oxygen atoms in total. The zero-order valence-corrected chi connectivity index (χ0v) is 15.9. The van der Waals surface area contributed by atoms with E-state index < -0.39 is 5.76 Å². The highest BCUT2D eigenvalue weighted by Gasteiger charge is 2.56. The summed E-state index contributed by atoms with van der Waals surface area (Å²) in [6, 6.07) is 5.14. The van der Waals surface area contributed by atoms with E-state index in [1.165, 1.54) is 23.8 Å². The van der Waals surface area contributed by atoms with Gasteiger partial charge in [-0.2, -0.15) is 0 Å². The standard InChI is InChI=1S/C20H27N3O4/c1-3-26-17-12-16(20(17)9-5-4-6-10-20)22-18(24)21-13-7-8-14-15(11-13)27-19(25)23(14)2/h7-8,11,16-17H,3-6,9-10,12H2,1-2H3,(H2,21,22,24). The number of anilines is 1. The fourth-order valence-electron chi connectivity index (χ4n) is 4.80. The Bertz CT molecular complexity index is 894. The van der Waals surface area contributed by atoms with Crippen LogP contribution in [0.1, 0.15) is 45.4 Å². The largest absolute Gasteiger partial charge is 0.419 e. The molecule has 2 aliphatic rings. The molecule has 0 aliphatic heterocycles. The summed E-state index contributed by atoms with van der Waals surface area (Å²) in [5.74, 6) is -0.415. The Balaban J connectivity index is 1.44. The van der Waals surface area contributed by atoms with Gasteiger partial charge >= 0.3 is 11.8 Å². The lowest BCUT2D eigenvalue weighted by molar-refractivity contribution is -0.146. The van der Waals surface area contributed by atoms with Crippen molar-refractivity contribution in [2.75, 3.05) is 11.9 Å². The number of carbonyl (C=O) groups excluding carboxylic acids is 1. The lowest BCUT2D eigenvalue weighted by Gasteiger charge is -2.57. The van der Waals surface area contributed by atoms with Crippen molar-refractivity contribution in [3.05, 3.63) is 28.7 Å². The Morgan fingerprint density at radius 1 is 1.33 bits per heavy atom. The summed E-state index contributed by atoms with van der Waals surface area (Å²) in [4.78, 5) is 24.2. The normalized spacial score (nSPS) is 23.9. The molecule has 2 amide bonds. The number of fused-ring (bicyclic) bond motifs is 1. The van der Waals surface area contributed by atoms with Gasteiger partial charge in [0.15, 0.2) is 5.58 Å². The van der Waals surface area contributed by atoms with E-state index in [0.29, 0.717) is 23.4 Å². The number of nitrogens with one attached hydrogen (secondary N) is 2. The molecule has 2 aliphatic carbocycles. The molecule has 2 atom stereocenters. The molecular weight excluding hydrogens is 346 g/mol. The third-order valence-corrected chi connectivity index (χ3v) is 6.29. The maximum Gasteiger partial charge on any atom is 0.419 e. The van der Waals surface area contributed by atoms with Gasteiger partial charge in [0.2, 0.25) is 0 Å². The summed E-state index contributed by atoms with van der Waals surface area (Å²) in [7, 11) is 1.66. The first kappa shape index (κ1) is 18.1. The van der Waals surface area contributed by atoms with Crippen molar-refractivity contribution in [2.45, 2.75) is 57.6 Å². The summed E-state index contributed by atoms with van der Waals surface area (Å²) < 4.78 is 12.6. The minimum atomic E-state index is -0.415. The van der Waals surface area contributed by atoms with Crippen molar-refractivity contribution in [1.29, 1.82) is 0 Å². The Kier molecular flexibility index (Phi) is 4.72. The lowest BCUT2D eigenvalue weighted by atomic mass is 9.55. The number of aromatic nitrogens is 1. The molecule has 146 valence electrons. The highest BCUT2D eigenvalue weighted by atomic mass is 16.5. The molecule has 0 saturated heterocycles. The molecule has 2 fully saturated rings. The van der Waals surface area contributed by atoms with Crippen LogP contribution in [-0.2, 0) is 11.8 Å². The van der Waals surface area contributed by atoms with Crippen LogP contribution in [0.15, 0.2) is 27.4 Å². The molecule has 2 unspecified atom stereocenters. The fraction of sp³-hybridized carbons (Fsp3) is 0.600. The van der Waals surface area contributed by atoms with Gasteiger partial charge < -0.3 is 19.8 Å².